The zero-order valence-electron chi connectivity index (χ0n) is 14.0. The van der Waals surface area contributed by atoms with Crippen LogP contribution in [0.25, 0.3) is 10.9 Å². The average molecular weight is 325 g/mol. The number of aliphatic hydroxyl groups excluding tert-OH is 1. The van der Waals surface area contributed by atoms with Gasteiger partial charge in [-0.1, -0.05) is 18.2 Å². The van der Waals surface area contributed by atoms with Crippen molar-refractivity contribution in [3.8, 4) is 0 Å². The van der Waals surface area contributed by atoms with Gasteiger partial charge in [0.15, 0.2) is 0 Å². The lowest BCUT2D eigenvalue weighted by molar-refractivity contribution is -0.142. The Kier molecular flexibility index (Phi) is 3.68. The molecule has 1 amide bonds. The molecular formula is C19H23N3O2. The van der Waals surface area contributed by atoms with Gasteiger partial charge in [0.25, 0.3) is 0 Å². The van der Waals surface area contributed by atoms with Gasteiger partial charge in [0.2, 0.25) is 5.91 Å². The van der Waals surface area contributed by atoms with E-state index in [4.69, 9.17) is 4.98 Å². The largest absolute Gasteiger partial charge is 0.392 e. The zero-order valence-corrected chi connectivity index (χ0v) is 14.0. The highest BCUT2D eigenvalue weighted by atomic mass is 16.3. The first kappa shape index (κ1) is 15.4. The summed E-state index contributed by atoms with van der Waals surface area (Å²) in [6.07, 6.45) is 1.68. The first-order valence-corrected chi connectivity index (χ1v) is 8.68. The second-order valence-electron chi connectivity index (χ2n) is 7.06. The van der Waals surface area contributed by atoms with E-state index in [2.05, 4.69) is 29.3 Å². The number of para-hydroxylation sites is 1. The monoisotopic (exact) mass is 325 g/mol. The van der Waals surface area contributed by atoms with E-state index in [-0.39, 0.29) is 5.91 Å². The fourth-order valence-corrected chi connectivity index (χ4v) is 4.16. The topological polar surface area (TPSA) is 65.5 Å². The standard InChI is InChI=1S/C19H23N3O2/c1-13-11-14-5-2-3-6-15(14)21-17(13)22-10-7-16(23)19(12-22)8-4-9-20-18(19)24/h2-3,5-6,11,16,23H,4,7-10,12H2,1H3,(H,20,24)/t16-,19-/m1/s1. The molecule has 2 saturated heterocycles. The van der Waals surface area contributed by atoms with Crippen LogP contribution in [0.4, 0.5) is 5.82 Å². The molecular weight excluding hydrogens is 302 g/mol. The molecule has 2 aliphatic heterocycles. The number of nitrogens with one attached hydrogen (secondary N) is 1. The van der Waals surface area contributed by atoms with Crippen molar-refractivity contribution in [1.82, 2.24) is 10.3 Å². The molecule has 5 heteroatoms. The Labute approximate surface area is 141 Å². The molecule has 2 aliphatic rings. The summed E-state index contributed by atoms with van der Waals surface area (Å²) in [4.78, 5) is 19.6. The Morgan fingerprint density at radius 1 is 1.38 bits per heavy atom. The number of carbonyl (C=O) groups is 1. The summed E-state index contributed by atoms with van der Waals surface area (Å²) >= 11 is 0. The third-order valence-electron chi connectivity index (χ3n) is 5.51. The summed E-state index contributed by atoms with van der Waals surface area (Å²) in [6.45, 7) is 4.03. The summed E-state index contributed by atoms with van der Waals surface area (Å²) in [5, 5.41) is 14.6. The van der Waals surface area contributed by atoms with Crippen molar-refractivity contribution in [3.63, 3.8) is 0 Å². The van der Waals surface area contributed by atoms with Crippen molar-refractivity contribution in [1.29, 1.82) is 0 Å². The maximum Gasteiger partial charge on any atom is 0.230 e. The van der Waals surface area contributed by atoms with Crippen LogP contribution in [0.3, 0.4) is 0 Å². The van der Waals surface area contributed by atoms with E-state index in [0.717, 1.165) is 41.7 Å². The van der Waals surface area contributed by atoms with Crippen LogP contribution in [0.5, 0.6) is 0 Å². The number of hydrogen-bond donors (Lipinski definition) is 2. The molecule has 0 saturated carbocycles. The molecule has 5 nitrogen and oxygen atoms in total. The van der Waals surface area contributed by atoms with Crippen molar-refractivity contribution in [3.05, 3.63) is 35.9 Å². The van der Waals surface area contributed by atoms with Crippen molar-refractivity contribution in [2.24, 2.45) is 5.41 Å². The average Bonchev–Trinajstić information content (AvgIpc) is 2.59. The van der Waals surface area contributed by atoms with E-state index < -0.39 is 11.5 Å². The van der Waals surface area contributed by atoms with Crippen LogP contribution >= 0.6 is 0 Å². The summed E-state index contributed by atoms with van der Waals surface area (Å²) in [5.41, 5.74) is 1.37. The molecule has 0 bridgehead atoms. The Morgan fingerprint density at radius 3 is 3.04 bits per heavy atom. The molecule has 2 atom stereocenters. The van der Waals surface area contributed by atoms with Crippen LogP contribution in [-0.2, 0) is 4.79 Å². The van der Waals surface area contributed by atoms with Gasteiger partial charge in [-0.05, 0) is 43.9 Å². The molecule has 2 N–H and O–H groups in total. The van der Waals surface area contributed by atoms with Crippen molar-refractivity contribution < 1.29 is 9.90 Å². The predicted molar refractivity (Wildman–Crippen MR) is 94.0 cm³/mol. The number of fused-ring (bicyclic) bond motifs is 1. The van der Waals surface area contributed by atoms with E-state index in [0.29, 0.717) is 19.5 Å². The van der Waals surface area contributed by atoms with E-state index in [9.17, 15) is 9.90 Å². The molecule has 1 aromatic carbocycles. The van der Waals surface area contributed by atoms with Crippen molar-refractivity contribution in [2.75, 3.05) is 24.5 Å². The van der Waals surface area contributed by atoms with Gasteiger partial charge in [-0.25, -0.2) is 4.98 Å². The minimum Gasteiger partial charge on any atom is -0.392 e. The molecule has 1 spiro atoms. The molecule has 0 aliphatic carbocycles. The lowest BCUT2D eigenvalue weighted by Gasteiger charge is -2.47. The van der Waals surface area contributed by atoms with Crippen LogP contribution in [0.1, 0.15) is 24.8 Å². The molecule has 4 rings (SSSR count). The highest BCUT2D eigenvalue weighted by molar-refractivity contribution is 5.86. The zero-order chi connectivity index (χ0) is 16.7. The lowest BCUT2D eigenvalue weighted by atomic mass is 9.71. The fraction of sp³-hybridized carbons (Fsp3) is 0.474. The fourth-order valence-electron chi connectivity index (χ4n) is 4.16. The number of nitrogens with zero attached hydrogens (tertiary/aromatic N) is 2. The molecule has 2 fully saturated rings. The van der Waals surface area contributed by atoms with Gasteiger partial charge < -0.3 is 15.3 Å². The molecule has 3 heterocycles. The second kappa shape index (κ2) is 5.74. The number of aryl methyl sites for hydroxylation is 1. The van der Waals surface area contributed by atoms with Crippen LogP contribution in [0.15, 0.2) is 30.3 Å². The Morgan fingerprint density at radius 2 is 2.21 bits per heavy atom. The number of anilines is 1. The predicted octanol–water partition coefficient (Wildman–Crippen LogP) is 2.01. The maximum absolute atomic E-state index is 12.5. The van der Waals surface area contributed by atoms with Gasteiger partial charge in [-0.15, -0.1) is 0 Å². The highest BCUT2D eigenvalue weighted by Gasteiger charge is 2.50. The van der Waals surface area contributed by atoms with E-state index in [1.54, 1.807) is 0 Å². The van der Waals surface area contributed by atoms with E-state index >= 15 is 0 Å². The Bertz CT molecular complexity index is 791. The minimum atomic E-state index is -0.698. The number of amides is 1. The van der Waals surface area contributed by atoms with Gasteiger partial charge in [-0.2, -0.15) is 0 Å². The third-order valence-corrected chi connectivity index (χ3v) is 5.51. The van der Waals surface area contributed by atoms with E-state index in [1.165, 1.54) is 0 Å². The van der Waals surface area contributed by atoms with Gasteiger partial charge in [-0.3, -0.25) is 4.79 Å². The van der Waals surface area contributed by atoms with Crippen LogP contribution in [-0.4, -0.2) is 41.7 Å². The Balaban J connectivity index is 1.72. The summed E-state index contributed by atoms with van der Waals surface area (Å²) < 4.78 is 0. The number of piperidine rings is 2. The molecule has 1 aromatic heterocycles. The van der Waals surface area contributed by atoms with Crippen molar-refractivity contribution in [2.45, 2.75) is 32.3 Å². The molecule has 0 unspecified atom stereocenters. The number of benzene rings is 1. The van der Waals surface area contributed by atoms with Gasteiger partial charge >= 0.3 is 0 Å². The van der Waals surface area contributed by atoms with Gasteiger partial charge in [0.05, 0.1) is 17.0 Å². The van der Waals surface area contributed by atoms with Gasteiger partial charge in [0.1, 0.15) is 5.82 Å². The molecule has 126 valence electrons. The minimum absolute atomic E-state index is 0.00982. The summed E-state index contributed by atoms with van der Waals surface area (Å²) in [6, 6.07) is 10.2. The van der Waals surface area contributed by atoms with Gasteiger partial charge in [0, 0.05) is 25.0 Å². The highest BCUT2D eigenvalue weighted by Crippen LogP contribution is 2.39. The van der Waals surface area contributed by atoms with Crippen LogP contribution in [0.2, 0.25) is 0 Å². The number of hydrogen-bond acceptors (Lipinski definition) is 4. The first-order chi connectivity index (χ1) is 11.6. The van der Waals surface area contributed by atoms with Crippen molar-refractivity contribution >= 4 is 22.6 Å². The Hall–Kier alpha value is -2.14. The lowest BCUT2D eigenvalue weighted by Crippen LogP contribution is -2.61. The number of aliphatic hydroxyl groups is 1. The summed E-state index contributed by atoms with van der Waals surface area (Å²) in [7, 11) is 0. The smallest absolute Gasteiger partial charge is 0.230 e. The second-order valence-corrected chi connectivity index (χ2v) is 7.06. The number of carbonyl (C=O) groups excluding carboxylic acids is 1. The number of aromatic nitrogens is 1. The summed E-state index contributed by atoms with van der Waals surface area (Å²) in [5.74, 6) is 0.919. The molecule has 24 heavy (non-hydrogen) atoms. The third kappa shape index (κ3) is 2.35. The van der Waals surface area contributed by atoms with E-state index in [1.807, 2.05) is 18.2 Å². The molecule has 0 radical (unpaired) electrons. The first-order valence-electron chi connectivity index (χ1n) is 8.68. The van der Waals surface area contributed by atoms with Crippen LogP contribution < -0.4 is 10.2 Å². The number of pyridine rings is 1. The molecule has 2 aromatic rings. The maximum atomic E-state index is 12.5. The number of rotatable bonds is 1. The quantitative estimate of drug-likeness (QED) is 0.842. The van der Waals surface area contributed by atoms with Crippen LogP contribution in [0, 0.1) is 12.3 Å². The SMILES string of the molecule is Cc1cc2ccccc2nc1N1CC[C@@H](O)[C@@]2(CCCNC2=O)C1. The normalized spacial score (nSPS) is 27.5.